The molecule has 0 fully saturated rings. The first-order valence-corrected chi connectivity index (χ1v) is 2.84. The van der Waals surface area contributed by atoms with Gasteiger partial charge in [-0.1, -0.05) is 26.8 Å². The van der Waals surface area contributed by atoms with E-state index < -0.39 is 5.97 Å². The summed E-state index contributed by atoms with van der Waals surface area (Å²) in [7, 11) is 0. The number of carbonyl (C=O) groups is 1. The van der Waals surface area contributed by atoms with Crippen molar-refractivity contribution in [2.75, 3.05) is 0 Å². The highest BCUT2D eigenvalue weighted by Crippen LogP contribution is 2.13. The van der Waals surface area contributed by atoms with Crippen LogP contribution in [0.15, 0.2) is 12.2 Å². The summed E-state index contributed by atoms with van der Waals surface area (Å²) in [5.41, 5.74) is -0.0294. The van der Waals surface area contributed by atoms with Crippen LogP contribution in [-0.4, -0.2) is 11.1 Å². The Balaban J connectivity index is 3.86. The van der Waals surface area contributed by atoms with Crippen molar-refractivity contribution in [3.8, 4) is 0 Å². The summed E-state index contributed by atoms with van der Waals surface area (Å²) in [6, 6.07) is 0. The first-order valence-electron chi connectivity index (χ1n) is 2.84. The third-order valence-corrected chi connectivity index (χ3v) is 0.726. The summed E-state index contributed by atoms with van der Waals surface area (Å²) in [5, 5.41) is 8.19. The fourth-order valence-electron chi connectivity index (χ4n) is 0.321. The molecule has 0 aliphatic carbocycles. The molecule has 0 heterocycles. The van der Waals surface area contributed by atoms with E-state index in [2.05, 4.69) is 0 Å². The predicted molar refractivity (Wildman–Crippen MR) is 36.2 cm³/mol. The zero-order chi connectivity index (χ0) is 7.49. The molecule has 0 aromatic rings. The number of allylic oxidation sites excluding steroid dienone is 1. The molecule has 0 amide bonds. The Morgan fingerprint density at radius 2 is 1.89 bits per heavy atom. The van der Waals surface area contributed by atoms with E-state index in [1.165, 1.54) is 6.08 Å². The number of carboxylic acids is 1. The van der Waals surface area contributed by atoms with E-state index in [4.69, 9.17) is 5.11 Å². The maximum absolute atomic E-state index is 9.96. The zero-order valence-corrected chi connectivity index (χ0v) is 6.01. The molecule has 2 heteroatoms. The maximum atomic E-state index is 9.96. The molecule has 0 aliphatic heterocycles. The van der Waals surface area contributed by atoms with Gasteiger partial charge >= 0.3 is 5.97 Å². The molecule has 9 heavy (non-hydrogen) atoms. The van der Waals surface area contributed by atoms with Crippen molar-refractivity contribution in [2.45, 2.75) is 20.8 Å². The predicted octanol–water partition coefficient (Wildman–Crippen LogP) is 1.67. The van der Waals surface area contributed by atoms with E-state index in [1.54, 1.807) is 6.08 Å². The van der Waals surface area contributed by atoms with E-state index in [0.717, 1.165) is 0 Å². The summed E-state index contributed by atoms with van der Waals surface area (Å²) in [4.78, 5) is 9.96. The summed E-state index contributed by atoms with van der Waals surface area (Å²) < 4.78 is 0. The number of hydrogen-bond acceptors (Lipinski definition) is 1. The van der Waals surface area contributed by atoms with Gasteiger partial charge in [-0.3, -0.25) is 0 Å². The van der Waals surface area contributed by atoms with E-state index in [-0.39, 0.29) is 5.41 Å². The molecule has 0 bridgehead atoms. The fraction of sp³-hybridized carbons (Fsp3) is 0.571. The molecule has 0 rings (SSSR count). The van der Waals surface area contributed by atoms with Gasteiger partial charge in [0, 0.05) is 6.08 Å². The van der Waals surface area contributed by atoms with Crippen molar-refractivity contribution in [3.63, 3.8) is 0 Å². The molecule has 0 radical (unpaired) electrons. The molecule has 2 nitrogen and oxygen atoms in total. The normalized spacial score (nSPS) is 12.3. The molecular weight excluding hydrogens is 116 g/mol. The Kier molecular flexibility index (Phi) is 2.43. The van der Waals surface area contributed by atoms with Gasteiger partial charge in [-0.25, -0.2) is 4.79 Å². The average Bonchev–Trinajstić information content (AvgIpc) is 1.59. The van der Waals surface area contributed by atoms with Gasteiger partial charge in [0.1, 0.15) is 0 Å². The molecule has 0 aromatic carbocycles. The number of carboxylic acid groups (broad SMARTS) is 1. The average molecular weight is 128 g/mol. The summed E-state index contributed by atoms with van der Waals surface area (Å²) in [6.07, 6.45) is 2.83. The monoisotopic (exact) mass is 128 g/mol. The standard InChI is InChI=1S/C7H12O2/c1-7(2,3)5-4-6(8)9/h4-5H,1-3H3,(H,8,9)/b5-4-. The third-order valence-electron chi connectivity index (χ3n) is 0.726. The van der Waals surface area contributed by atoms with Gasteiger partial charge in [0.2, 0.25) is 0 Å². The number of aliphatic carboxylic acids is 1. The highest BCUT2D eigenvalue weighted by Gasteiger charge is 2.03. The van der Waals surface area contributed by atoms with Gasteiger partial charge in [-0.2, -0.15) is 0 Å². The Bertz CT molecular complexity index is 128. The molecule has 0 saturated heterocycles. The minimum atomic E-state index is -0.884. The molecule has 0 atom stereocenters. The molecule has 0 aromatic heterocycles. The summed E-state index contributed by atoms with van der Waals surface area (Å²) in [5.74, 6) is -0.884. The fourth-order valence-corrected chi connectivity index (χ4v) is 0.321. The lowest BCUT2D eigenvalue weighted by atomic mass is 9.96. The van der Waals surface area contributed by atoms with Crippen molar-refractivity contribution in [1.29, 1.82) is 0 Å². The van der Waals surface area contributed by atoms with Gasteiger partial charge in [0.15, 0.2) is 0 Å². The van der Waals surface area contributed by atoms with Crippen LogP contribution in [0.5, 0.6) is 0 Å². The largest absolute Gasteiger partial charge is 0.478 e. The van der Waals surface area contributed by atoms with E-state index in [9.17, 15) is 4.79 Å². The maximum Gasteiger partial charge on any atom is 0.327 e. The lowest BCUT2D eigenvalue weighted by molar-refractivity contribution is -0.131. The van der Waals surface area contributed by atoms with Crippen LogP contribution in [0.25, 0.3) is 0 Å². The van der Waals surface area contributed by atoms with Crippen LogP contribution in [0.2, 0.25) is 0 Å². The molecular formula is C7H12O2. The Morgan fingerprint density at radius 1 is 1.44 bits per heavy atom. The van der Waals surface area contributed by atoms with Gasteiger partial charge in [0.25, 0.3) is 0 Å². The van der Waals surface area contributed by atoms with Crippen LogP contribution in [0.1, 0.15) is 20.8 Å². The topological polar surface area (TPSA) is 37.3 Å². The Labute approximate surface area is 55.2 Å². The van der Waals surface area contributed by atoms with Gasteiger partial charge in [-0.05, 0) is 5.41 Å². The van der Waals surface area contributed by atoms with Crippen molar-refractivity contribution in [2.24, 2.45) is 5.41 Å². The molecule has 1 N–H and O–H groups in total. The van der Waals surface area contributed by atoms with Crippen LogP contribution in [0, 0.1) is 5.41 Å². The minimum Gasteiger partial charge on any atom is -0.478 e. The van der Waals surface area contributed by atoms with Gasteiger partial charge in [-0.15, -0.1) is 0 Å². The van der Waals surface area contributed by atoms with Crippen LogP contribution in [0.4, 0.5) is 0 Å². The highest BCUT2D eigenvalue weighted by atomic mass is 16.4. The van der Waals surface area contributed by atoms with Crippen molar-refractivity contribution in [3.05, 3.63) is 12.2 Å². The van der Waals surface area contributed by atoms with E-state index >= 15 is 0 Å². The smallest absolute Gasteiger partial charge is 0.327 e. The van der Waals surface area contributed by atoms with Crippen LogP contribution in [0.3, 0.4) is 0 Å². The summed E-state index contributed by atoms with van der Waals surface area (Å²) >= 11 is 0. The molecule has 0 spiro atoms. The van der Waals surface area contributed by atoms with E-state index in [1.807, 2.05) is 20.8 Å². The van der Waals surface area contributed by atoms with Crippen LogP contribution < -0.4 is 0 Å². The number of rotatable bonds is 1. The minimum absolute atomic E-state index is 0.0294. The zero-order valence-electron chi connectivity index (χ0n) is 6.01. The van der Waals surface area contributed by atoms with Gasteiger partial charge < -0.3 is 5.11 Å². The van der Waals surface area contributed by atoms with Crippen molar-refractivity contribution < 1.29 is 9.90 Å². The lowest BCUT2D eigenvalue weighted by Crippen LogP contribution is -2.00. The molecule has 0 saturated carbocycles. The second-order valence-electron chi connectivity index (χ2n) is 3.04. The van der Waals surface area contributed by atoms with Crippen molar-refractivity contribution in [1.82, 2.24) is 0 Å². The molecule has 52 valence electrons. The highest BCUT2D eigenvalue weighted by molar-refractivity contribution is 5.79. The summed E-state index contributed by atoms with van der Waals surface area (Å²) in [6.45, 7) is 5.85. The Morgan fingerprint density at radius 3 is 2.00 bits per heavy atom. The SMILES string of the molecule is CC(C)(C)/C=C\C(=O)O. The first kappa shape index (κ1) is 8.21. The van der Waals surface area contributed by atoms with E-state index in [0.29, 0.717) is 0 Å². The first-order chi connectivity index (χ1) is 3.92. The van der Waals surface area contributed by atoms with Gasteiger partial charge in [0.05, 0.1) is 0 Å². The quantitative estimate of drug-likeness (QED) is 0.545. The second-order valence-corrected chi connectivity index (χ2v) is 3.04. The third kappa shape index (κ3) is 7.21. The Hall–Kier alpha value is -0.790. The molecule has 0 unspecified atom stereocenters. The molecule has 0 aliphatic rings. The van der Waals surface area contributed by atoms with Crippen LogP contribution >= 0.6 is 0 Å². The van der Waals surface area contributed by atoms with Crippen LogP contribution in [-0.2, 0) is 4.79 Å². The van der Waals surface area contributed by atoms with Crippen molar-refractivity contribution >= 4 is 5.97 Å². The second kappa shape index (κ2) is 2.67. The number of hydrogen-bond donors (Lipinski definition) is 1. The lowest BCUT2D eigenvalue weighted by Gasteiger charge is -2.09.